The standard InChI is InChI=1S/C18H22N4OS/c1-5-6-15-20-21-18(22(15)4)24-10-13-9-14(23)16-11(2)7-8-12(3)17(16)19-13/h7-9H,5-6,10H2,1-4H3,(H,19,23). The predicted molar refractivity (Wildman–Crippen MR) is 98.6 cm³/mol. The number of nitrogens with zero attached hydrogens (tertiary/aromatic N) is 3. The summed E-state index contributed by atoms with van der Waals surface area (Å²) in [7, 11) is 1.99. The van der Waals surface area contributed by atoms with Crippen LogP contribution in [-0.4, -0.2) is 19.7 Å². The van der Waals surface area contributed by atoms with E-state index in [-0.39, 0.29) is 5.43 Å². The summed E-state index contributed by atoms with van der Waals surface area (Å²) in [6.07, 6.45) is 1.97. The second kappa shape index (κ2) is 6.81. The third-order valence-corrected chi connectivity index (χ3v) is 5.28. The fourth-order valence-electron chi connectivity index (χ4n) is 2.85. The zero-order valence-corrected chi connectivity index (χ0v) is 15.3. The van der Waals surface area contributed by atoms with Crippen molar-refractivity contribution in [3.63, 3.8) is 0 Å². The van der Waals surface area contributed by atoms with Crippen molar-refractivity contribution in [3.05, 3.63) is 51.1 Å². The lowest BCUT2D eigenvalue weighted by molar-refractivity contribution is 0.715. The highest BCUT2D eigenvalue weighted by molar-refractivity contribution is 7.98. The Morgan fingerprint density at radius 1 is 1.21 bits per heavy atom. The molecule has 0 aliphatic rings. The van der Waals surface area contributed by atoms with Gasteiger partial charge in [0.2, 0.25) is 0 Å². The molecule has 0 fully saturated rings. The number of thioether (sulfide) groups is 1. The quantitative estimate of drug-likeness (QED) is 0.721. The highest BCUT2D eigenvalue weighted by Crippen LogP contribution is 2.23. The Balaban J connectivity index is 1.89. The summed E-state index contributed by atoms with van der Waals surface area (Å²) >= 11 is 1.59. The number of pyridine rings is 1. The lowest BCUT2D eigenvalue weighted by Crippen LogP contribution is -2.07. The van der Waals surface area contributed by atoms with Crippen molar-refractivity contribution in [1.29, 1.82) is 0 Å². The number of nitrogens with one attached hydrogen (secondary N) is 1. The molecule has 2 heterocycles. The van der Waals surface area contributed by atoms with Crippen LogP contribution in [0.25, 0.3) is 10.9 Å². The van der Waals surface area contributed by atoms with E-state index in [1.54, 1.807) is 17.8 Å². The van der Waals surface area contributed by atoms with Gasteiger partial charge in [-0.1, -0.05) is 30.8 Å². The Bertz CT molecular complexity index is 942. The summed E-state index contributed by atoms with van der Waals surface area (Å²) in [6.45, 7) is 6.13. The molecule has 3 rings (SSSR count). The average molecular weight is 342 g/mol. The van der Waals surface area contributed by atoms with Gasteiger partial charge in [-0.15, -0.1) is 10.2 Å². The molecule has 3 aromatic rings. The molecule has 5 nitrogen and oxygen atoms in total. The molecular weight excluding hydrogens is 320 g/mol. The molecule has 0 spiro atoms. The Kier molecular flexibility index (Phi) is 4.76. The van der Waals surface area contributed by atoms with Crippen LogP contribution in [0.5, 0.6) is 0 Å². The first-order chi connectivity index (χ1) is 11.5. The highest BCUT2D eigenvalue weighted by Gasteiger charge is 2.11. The van der Waals surface area contributed by atoms with Crippen molar-refractivity contribution in [3.8, 4) is 0 Å². The summed E-state index contributed by atoms with van der Waals surface area (Å²) in [5.74, 6) is 1.66. The Labute approximate surface area is 145 Å². The molecule has 0 saturated carbocycles. The molecule has 126 valence electrons. The minimum Gasteiger partial charge on any atom is -0.357 e. The zero-order chi connectivity index (χ0) is 17.3. The summed E-state index contributed by atoms with van der Waals surface area (Å²) in [4.78, 5) is 15.9. The predicted octanol–water partition coefficient (Wildman–Crippen LogP) is 3.52. The van der Waals surface area contributed by atoms with Gasteiger partial charge in [0, 0.05) is 36.4 Å². The number of aromatic amines is 1. The summed E-state index contributed by atoms with van der Waals surface area (Å²) in [5, 5.41) is 10.1. The third kappa shape index (κ3) is 3.11. The van der Waals surface area contributed by atoms with Crippen molar-refractivity contribution >= 4 is 22.7 Å². The van der Waals surface area contributed by atoms with E-state index in [0.717, 1.165) is 51.5 Å². The van der Waals surface area contributed by atoms with Gasteiger partial charge in [0.1, 0.15) is 5.82 Å². The largest absolute Gasteiger partial charge is 0.357 e. The number of benzene rings is 1. The summed E-state index contributed by atoms with van der Waals surface area (Å²) in [5.41, 5.74) is 4.01. The zero-order valence-electron chi connectivity index (χ0n) is 14.5. The van der Waals surface area contributed by atoms with Gasteiger partial charge in [-0.25, -0.2) is 0 Å². The van der Waals surface area contributed by atoms with Gasteiger partial charge in [-0.3, -0.25) is 4.79 Å². The lowest BCUT2D eigenvalue weighted by Gasteiger charge is -2.08. The number of fused-ring (bicyclic) bond motifs is 1. The van der Waals surface area contributed by atoms with Crippen LogP contribution in [0.15, 0.2) is 28.2 Å². The molecule has 0 saturated heterocycles. The van der Waals surface area contributed by atoms with Gasteiger partial charge >= 0.3 is 0 Å². The molecule has 1 aromatic carbocycles. The Morgan fingerprint density at radius 2 is 1.96 bits per heavy atom. The van der Waals surface area contributed by atoms with E-state index in [1.165, 1.54) is 0 Å². The fraction of sp³-hybridized carbons (Fsp3) is 0.389. The first kappa shape index (κ1) is 16.8. The topological polar surface area (TPSA) is 63.6 Å². The minimum absolute atomic E-state index is 0.0742. The molecule has 24 heavy (non-hydrogen) atoms. The molecule has 0 amide bonds. The second-order valence-corrected chi connectivity index (χ2v) is 7.05. The van der Waals surface area contributed by atoms with Crippen molar-refractivity contribution in [2.75, 3.05) is 0 Å². The SMILES string of the molecule is CCCc1nnc(SCc2cc(=O)c3c(C)ccc(C)c3[nH]2)n1C. The summed E-state index contributed by atoms with van der Waals surface area (Å²) in [6, 6.07) is 5.74. The van der Waals surface area contributed by atoms with Crippen LogP contribution in [0, 0.1) is 13.8 Å². The summed E-state index contributed by atoms with van der Waals surface area (Å²) < 4.78 is 2.03. The van der Waals surface area contributed by atoms with Gasteiger partial charge < -0.3 is 9.55 Å². The van der Waals surface area contributed by atoms with E-state index in [2.05, 4.69) is 22.1 Å². The smallest absolute Gasteiger partial charge is 0.191 e. The van der Waals surface area contributed by atoms with E-state index in [1.807, 2.05) is 37.6 Å². The van der Waals surface area contributed by atoms with Crippen LogP contribution in [-0.2, 0) is 19.2 Å². The van der Waals surface area contributed by atoms with E-state index in [4.69, 9.17) is 0 Å². The first-order valence-electron chi connectivity index (χ1n) is 8.14. The van der Waals surface area contributed by atoms with Gasteiger partial charge in [-0.05, 0) is 31.4 Å². The van der Waals surface area contributed by atoms with E-state index >= 15 is 0 Å². The van der Waals surface area contributed by atoms with Crippen LogP contribution in [0.4, 0.5) is 0 Å². The maximum atomic E-state index is 12.5. The van der Waals surface area contributed by atoms with E-state index < -0.39 is 0 Å². The molecule has 0 bridgehead atoms. The van der Waals surface area contributed by atoms with Crippen LogP contribution in [0.2, 0.25) is 0 Å². The third-order valence-electron chi connectivity index (χ3n) is 4.21. The van der Waals surface area contributed by atoms with Gasteiger partial charge in [0.05, 0.1) is 5.52 Å². The molecular formula is C18H22N4OS. The molecule has 0 aliphatic heterocycles. The molecule has 1 N–H and O–H groups in total. The second-order valence-electron chi connectivity index (χ2n) is 6.10. The average Bonchev–Trinajstić information content (AvgIpc) is 2.90. The van der Waals surface area contributed by atoms with Gasteiger partial charge in [0.25, 0.3) is 0 Å². The number of aryl methyl sites for hydroxylation is 3. The molecule has 0 aliphatic carbocycles. The van der Waals surface area contributed by atoms with Crippen molar-refractivity contribution in [1.82, 2.24) is 19.7 Å². The van der Waals surface area contributed by atoms with E-state index in [0.29, 0.717) is 5.75 Å². The number of hydrogen-bond acceptors (Lipinski definition) is 4. The molecule has 0 atom stereocenters. The number of aromatic nitrogens is 4. The van der Waals surface area contributed by atoms with Gasteiger partial charge in [0.15, 0.2) is 10.6 Å². The van der Waals surface area contributed by atoms with Gasteiger partial charge in [-0.2, -0.15) is 0 Å². The highest BCUT2D eigenvalue weighted by atomic mass is 32.2. The molecule has 0 radical (unpaired) electrons. The molecule has 2 aromatic heterocycles. The van der Waals surface area contributed by atoms with Crippen LogP contribution >= 0.6 is 11.8 Å². The number of hydrogen-bond donors (Lipinski definition) is 1. The van der Waals surface area contributed by atoms with Crippen LogP contribution < -0.4 is 5.43 Å². The van der Waals surface area contributed by atoms with E-state index in [9.17, 15) is 4.79 Å². The fourth-order valence-corrected chi connectivity index (χ4v) is 3.69. The maximum absolute atomic E-state index is 12.5. The molecule has 6 heteroatoms. The molecule has 0 unspecified atom stereocenters. The van der Waals surface area contributed by atoms with Crippen molar-refractivity contribution in [2.24, 2.45) is 7.05 Å². The monoisotopic (exact) mass is 342 g/mol. The minimum atomic E-state index is 0.0742. The van der Waals surface area contributed by atoms with Crippen LogP contribution in [0.3, 0.4) is 0 Å². The number of rotatable bonds is 5. The lowest BCUT2D eigenvalue weighted by atomic mass is 10.0. The Morgan fingerprint density at radius 3 is 2.71 bits per heavy atom. The van der Waals surface area contributed by atoms with Crippen LogP contribution in [0.1, 0.15) is 36.0 Å². The van der Waals surface area contributed by atoms with Crippen molar-refractivity contribution in [2.45, 2.75) is 44.5 Å². The normalized spacial score (nSPS) is 11.3. The van der Waals surface area contributed by atoms with Crippen molar-refractivity contribution < 1.29 is 0 Å². The first-order valence-corrected chi connectivity index (χ1v) is 9.13. The maximum Gasteiger partial charge on any atom is 0.191 e. The number of H-pyrrole nitrogens is 1. The Hall–Kier alpha value is -2.08.